The van der Waals surface area contributed by atoms with Gasteiger partial charge in [-0.2, -0.15) is 0 Å². The quantitative estimate of drug-likeness (QED) is 0.532. The molecule has 2 rings (SSSR count). The fraction of sp³-hybridized carbons (Fsp3) is 0.0500. The summed E-state index contributed by atoms with van der Waals surface area (Å²) in [5.74, 6) is -0.465. The summed E-state index contributed by atoms with van der Waals surface area (Å²) < 4.78 is 0. The lowest BCUT2D eigenvalue weighted by atomic mass is 10.1. The number of ketones is 1. The molecule has 0 fully saturated rings. The molecule has 2 aromatic rings. The predicted molar refractivity (Wildman–Crippen MR) is 104 cm³/mol. The van der Waals surface area contributed by atoms with Gasteiger partial charge in [-0.3, -0.25) is 10.2 Å². The number of nitrogens with two attached hydrogens (primary N) is 1. The zero-order chi connectivity index (χ0) is 18.1. The minimum atomic E-state index is -0.465. The zero-order valence-corrected chi connectivity index (χ0v) is 13.9. The van der Waals surface area contributed by atoms with E-state index in [1.165, 1.54) is 24.6 Å². The van der Waals surface area contributed by atoms with E-state index in [4.69, 9.17) is 11.1 Å². The molecule has 126 valence electrons. The molecule has 0 bridgehead atoms. The van der Waals surface area contributed by atoms with Crippen LogP contribution in [0.15, 0.2) is 84.1 Å². The molecule has 0 aliphatic rings. The minimum absolute atomic E-state index is 0.207. The van der Waals surface area contributed by atoms with Gasteiger partial charge >= 0.3 is 0 Å². The highest BCUT2D eigenvalue weighted by atomic mass is 16.1. The summed E-state index contributed by atoms with van der Waals surface area (Å²) in [6.07, 6.45) is 5.51. The van der Waals surface area contributed by atoms with Gasteiger partial charge < -0.3 is 11.1 Å². The van der Waals surface area contributed by atoms with Gasteiger partial charge in [-0.15, -0.1) is 0 Å². The van der Waals surface area contributed by atoms with Crippen molar-refractivity contribution in [1.82, 2.24) is 0 Å². The van der Waals surface area contributed by atoms with Gasteiger partial charge in [0.1, 0.15) is 5.71 Å². The highest BCUT2D eigenvalue weighted by Crippen LogP contribution is 2.11. The van der Waals surface area contributed by atoms with Gasteiger partial charge in [0.05, 0.1) is 11.4 Å². The molecule has 0 saturated heterocycles. The van der Waals surface area contributed by atoms with E-state index in [9.17, 15) is 4.79 Å². The van der Waals surface area contributed by atoms with E-state index >= 15 is 0 Å². The molecule has 25 heavy (non-hydrogen) atoms. The molecule has 0 radical (unpaired) electrons. The molecule has 5 heteroatoms. The summed E-state index contributed by atoms with van der Waals surface area (Å²) >= 11 is 0. The normalized spacial score (nSPS) is 11.8. The van der Waals surface area contributed by atoms with Crippen LogP contribution in [0.2, 0.25) is 0 Å². The highest BCUT2D eigenvalue weighted by Gasteiger charge is 2.11. The molecule has 5 nitrogen and oxygen atoms in total. The average Bonchev–Trinajstić information content (AvgIpc) is 2.61. The third-order valence-corrected chi connectivity index (χ3v) is 3.27. The number of para-hydroxylation sites is 1. The van der Waals surface area contributed by atoms with Crippen LogP contribution in [-0.2, 0) is 4.79 Å². The van der Waals surface area contributed by atoms with E-state index in [0.29, 0.717) is 5.69 Å². The molecule has 0 spiro atoms. The van der Waals surface area contributed by atoms with Crippen LogP contribution >= 0.6 is 0 Å². The van der Waals surface area contributed by atoms with Crippen molar-refractivity contribution in [3.63, 3.8) is 0 Å². The number of nitrogens with zero attached hydrogens (tertiary/aromatic N) is 1. The van der Waals surface area contributed by atoms with Crippen LogP contribution in [0, 0.1) is 12.3 Å². The summed E-state index contributed by atoms with van der Waals surface area (Å²) in [7, 11) is 0. The number of hydrogen-bond acceptors (Lipinski definition) is 5. The molecule has 0 aromatic heterocycles. The summed E-state index contributed by atoms with van der Waals surface area (Å²) in [5.41, 5.74) is 8.02. The van der Waals surface area contributed by atoms with E-state index in [1.54, 1.807) is 12.1 Å². The molecular formula is C20H20N4O. The maximum absolute atomic E-state index is 12.2. The predicted octanol–water partition coefficient (Wildman–Crippen LogP) is 3.75. The Morgan fingerprint density at radius 1 is 1.12 bits per heavy atom. The smallest absolute Gasteiger partial charge is 0.207 e. The minimum Gasteiger partial charge on any atom is -0.405 e. The number of hydrogen-bond donors (Lipinski definition) is 3. The number of carbonyl (C=O) groups is 1. The lowest BCUT2D eigenvalue weighted by molar-refractivity contribution is -0.108. The fourth-order valence-corrected chi connectivity index (χ4v) is 2.07. The first-order chi connectivity index (χ1) is 12.1. The molecule has 0 atom stereocenters. The van der Waals surface area contributed by atoms with Crippen molar-refractivity contribution in [3.05, 3.63) is 84.7 Å². The monoisotopic (exact) mass is 332 g/mol. The number of rotatable bonds is 7. The Balaban J connectivity index is 2.09. The largest absolute Gasteiger partial charge is 0.405 e. The van der Waals surface area contributed by atoms with Crippen LogP contribution in [-0.4, -0.2) is 17.2 Å². The summed E-state index contributed by atoms with van der Waals surface area (Å²) in [5, 5.41) is 11.1. The van der Waals surface area contributed by atoms with Crippen molar-refractivity contribution >= 4 is 28.6 Å². The Labute approximate surface area is 147 Å². The second-order valence-electron chi connectivity index (χ2n) is 5.28. The molecule has 0 saturated carbocycles. The fourth-order valence-electron chi connectivity index (χ4n) is 2.07. The molecule has 0 aliphatic carbocycles. The molecule has 4 N–H and O–H groups in total. The van der Waals surface area contributed by atoms with Crippen LogP contribution in [0.1, 0.15) is 5.56 Å². The molecular weight excluding hydrogens is 312 g/mol. The van der Waals surface area contributed by atoms with Crippen LogP contribution in [0.4, 0.5) is 11.4 Å². The lowest BCUT2D eigenvalue weighted by Crippen LogP contribution is -2.20. The van der Waals surface area contributed by atoms with Crippen molar-refractivity contribution < 1.29 is 4.79 Å². The van der Waals surface area contributed by atoms with Crippen molar-refractivity contribution in [2.75, 3.05) is 5.32 Å². The maximum atomic E-state index is 12.2. The first-order valence-corrected chi connectivity index (χ1v) is 7.75. The van der Waals surface area contributed by atoms with Crippen molar-refractivity contribution in [2.24, 2.45) is 10.7 Å². The standard InChI is InChI=1S/C20H20N4O/c1-15-6-5-9-17(14-15)23-13-11-19(25)20(22)18(10-12-21)24-16-7-3-2-4-8-16/h2-14,22-23H,21H2,1H3. The number of anilines is 1. The summed E-state index contributed by atoms with van der Waals surface area (Å²) in [4.78, 5) is 16.5. The van der Waals surface area contributed by atoms with E-state index in [0.717, 1.165) is 11.3 Å². The third-order valence-electron chi connectivity index (χ3n) is 3.27. The van der Waals surface area contributed by atoms with Crippen LogP contribution in [0.25, 0.3) is 0 Å². The number of allylic oxidation sites excluding steroid dienone is 2. The Kier molecular flexibility index (Phi) is 6.42. The van der Waals surface area contributed by atoms with E-state index in [-0.39, 0.29) is 11.4 Å². The third kappa shape index (κ3) is 5.58. The van der Waals surface area contributed by atoms with Crippen LogP contribution in [0.5, 0.6) is 0 Å². The number of carbonyl (C=O) groups excluding carboxylic acids is 1. The van der Waals surface area contributed by atoms with Gasteiger partial charge in [-0.25, -0.2) is 4.99 Å². The van der Waals surface area contributed by atoms with E-state index in [1.807, 2.05) is 49.4 Å². The zero-order valence-electron chi connectivity index (χ0n) is 13.9. The van der Waals surface area contributed by atoms with Crippen LogP contribution < -0.4 is 11.1 Å². The van der Waals surface area contributed by atoms with Gasteiger partial charge in [0, 0.05) is 18.0 Å². The maximum Gasteiger partial charge on any atom is 0.207 e. The summed E-state index contributed by atoms with van der Waals surface area (Å²) in [6.45, 7) is 1.99. The topological polar surface area (TPSA) is 91.3 Å². The van der Waals surface area contributed by atoms with Gasteiger partial charge in [-0.1, -0.05) is 30.3 Å². The molecule has 2 aromatic carbocycles. The summed E-state index contributed by atoms with van der Waals surface area (Å²) in [6, 6.07) is 16.9. The number of benzene rings is 2. The van der Waals surface area contributed by atoms with Crippen LogP contribution in [0.3, 0.4) is 0 Å². The van der Waals surface area contributed by atoms with Crippen molar-refractivity contribution in [3.8, 4) is 0 Å². The number of aliphatic imine (C=N–C) groups is 1. The van der Waals surface area contributed by atoms with E-state index < -0.39 is 5.78 Å². The molecule has 0 unspecified atom stereocenters. The Hall–Kier alpha value is -3.47. The van der Waals surface area contributed by atoms with Crippen molar-refractivity contribution in [1.29, 1.82) is 5.41 Å². The van der Waals surface area contributed by atoms with Crippen molar-refractivity contribution in [2.45, 2.75) is 6.92 Å². The Bertz CT molecular complexity index is 836. The second-order valence-corrected chi connectivity index (χ2v) is 5.28. The number of nitrogens with one attached hydrogen (secondary N) is 2. The first kappa shape index (κ1) is 17.9. The van der Waals surface area contributed by atoms with Gasteiger partial charge in [0.25, 0.3) is 0 Å². The Morgan fingerprint density at radius 3 is 2.56 bits per heavy atom. The first-order valence-electron chi connectivity index (χ1n) is 7.75. The number of aryl methyl sites for hydroxylation is 1. The average molecular weight is 332 g/mol. The lowest BCUT2D eigenvalue weighted by Gasteiger charge is -2.03. The van der Waals surface area contributed by atoms with E-state index in [2.05, 4.69) is 10.3 Å². The molecule has 0 aliphatic heterocycles. The Morgan fingerprint density at radius 2 is 1.88 bits per heavy atom. The van der Waals surface area contributed by atoms with Gasteiger partial charge in [-0.05, 0) is 49.0 Å². The van der Waals surface area contributed by atoms with Gasteiger partial charge in [0.2, 0.25) is 5.78 Å². The SMILES string of the molecule is Cc1cccc(NC=CC(=O)C(=N)C(C=CN)=Nc2ccccc2)c1. The second kappa shape index (κ2) is 8.98. The highest BCUT2D eigenvalue weighted by molar-refractivity contribution is 6.70. The van der Waals surface area contributed by atoms with Gasteiger partial charge in [0.15, 0.2) is 0 Å². The molecule has 0 amide bonds. The molecule has 0 heterocycles.